The van der Waals surface area contributed by atoms with E-state index in [2.05, 4.69) is 10.6 Å². The molecule has 1 fully saturated rings. The first-order valence-electron chi connectivity index (χ1n) is 9.99. The van der Waals surface area contributed by atoms with Crippen LogP contribution < -0.4 is 10.6 Å². The van der Waals surface area contributed by atoms with Crippen LogP contribution in [0.1, 0.15) is 45.6 Å². The largest absolute Gasteiger partial charge is 0.445 e. The van der Waals surface area contributed by atoms with Crippen molar-refractivity contribution in [2.24, 2.45) is 0 Å². The molecular weight excluding hydrogens is 358 g/mol. The topological polar surface area (TPSA) is 79.9 Å². The first-order valence-corrected chi connectivity index (χ1v) is 9.99. The maximum absolute atomic E-state index is 12.2. The average Bonchev–Trinajstić information content (AvgIpc) is 2.66. The van der Waals surface area contributed by atoms with Gasteiger partial charge in [-0.25, -0.2) is 9.59 Å². The second kappa shape index (κ2) is 10.9. The third kappa shape index (κ3) is 8.61. The van der Waals surface area contributed by atoms with Crippen molar-refractivity contribution in [3.8, 4) is 0 Å². The zero-order valence-electron chi connectivity index (χ0n) is 17.2. The Hall–Kier alpha value is -2.28. The molecule has 7 nitrogen and oxygen atoms in total. The van der Waals surface area contributed by atoms with Gasteiger partial charge in [-0.05, 0) is 52.1 Å². The van der Waals surface area contributed by atoms with Gasteiger partial charge in [0, 0.05) is 25.7 Å². The van der Waals surface area contributed by atoms with E-state index in [1.165, 1.54) is 0 Å². The van der Waals surface area contributed by atoms with Crippen LogP contribution in [-0.2, 0) is 16.1 Å². The molecule has 0 aliphatic carbocycles. The van der Waals surface area contributed by atoms with E-state index in [0.29, 0.717) is 32.3 Å². The van der Waals surface area contributed by atoms with E-state index in [1.54, 1.807) is 4.90 Å². The van der Waals surface area contributed by atoms with Crippen molar-refractivity contribution in [2.75, 3.05) is 26.2 Å². The molecule has 0 bridgehead atoms. The van der Waals surface area contributed by atoms with Crippen LogP contribution in [0.25, 0.3) is 0 Å². The molecule has 28 heavy (non-hydrogen) atoms. The fourth-order valence-electron chi connectivity index (χ4n) is 2.98. The monoisotopic (exact) mass is 391 g/mol. The first-order chi connectivity index (χ1) is 13.3. The van der Waals surface area contributed by atoms with Crippen LogP contribution >= 0.6 is 0 Å². The summed E-state index contributed by atoms with van der Waals surface area (Å²) in [6, 6.07) is 10.1. The van der Waals surface area contributed by atoms with E-state index >= 15 is 0 Å². The standard InChI is InChI=1S/C21H33N3O4/c1-21(2,3)28-19(25)23-13-7-12-22-18-10-14-24(15-11-18)20(26)27-16-17-8-5-4-6-9-17/h4-6,8-9,18,22H,7,10-16H2,1-3H3,(H,23,25). The Morgan fingerprint density at radius 2 is 1.79 bits per heavy atom. The van der Waals surface area contributed by atoms with Gasteiger partial charge in [-0.2, -0.15) is 0 Å². The fraction of sp³-hybridized carbons (Fsp3) is 0.619. The summed E-state index contributed by atoms with van der Waals surface area (Å²) in [7, 11) is 0. The number of rotatable bonds is 7. The molecule has 1 saturated heterocycles. The van der Waals surface area contributed by atoms with E-state index < -0.39 is 5.60 Å². The van der Waals surface area contributed by atoms with Crippen LogP contribution in [0.3, 0.4) is 0 Å². The van der Waals surface area contributed by atoms with Gasteiger partial charge in [0.1, 0.15) is 12.2 Å². The number of nitrogens with zero attached hydrogens (tertiary/aromatic N) is 1. The SMILES string of the molecule is CC(C)(C)OC(=O)NCCCNC1CCN(C(=O)OCc2ccccc2)CC1. The van der Waals surface area contributed by atoms with Gasteiger partial charge in [-0.15, -0.1) is 0 Å². The first kappa shape index (κ1) is 22.0. The smallest absolute Gasteiger partial charge is 0.410 e. The Kier molecular flexibility index (Phi) is 8.57. The van der Waals surface area contributed by atoms with Crippen LogP contribution in [0, 0.1) is 0 Å². The summed E-state index contributed by atoms with van der Waals surface area (Å²) < 4.78 is 10.6. The molecule has 2 N–H and O–H groups in total. The molecule has 0 saturated carbocycles. The van der Waals surface area contributed by atoms with Gasteiger partial charge >= 0.3 is 12.2 Å². The summed E-state index contributed by atoms with van der Waals surface area (Å²) in [6.07, 6.45) is 2.01. The Bertz CT molecular complexity index is 608. The number of alkyl carbamates (subject to hydrolysis) is 1. The summed E-state index contributed by atoms with van der Waals surface area (Å²) >= 11 is 0. The lowest BCUT2D eigenvalue weighted by atomic mass is 10.1. The van der Waals surface area contributed by atoms with Gasteiger partial charge in [-0.1, -0.05) is 30.3 Å². The number of benzene rings is 1. The zero-order chi connectivity index (χ0) is 20.4. The summed E-state index contributed by atoms with van der Waals surface area (Å²) in [4.78, 5) is 25.5. The zero-order valence-corrected chi connectivity index (χ0v) is 17.2. The van der Waals surface area contributed by atoms with Crippen molar-refractivity contribution in [2.45, 2.75) is 58.3 Å². The van der Waals surface area contributed by atoms with E-state index in [-0.39, 0.29) is 12.2 Å². The Morgan fingerprint density at radius 1 is 1.11 bits per heavy atom. The number of hydrogen-bond acceptors (Lipinski definition) is 5. The summed E-state index contributed by atoms with van der Waals surface area (Å²) in [5.41, 5.74) is 0.519. The fourth-order valence-corrected chi connectivity index (χ4v) is 2.98. The second-order valence-corrected chi connectivity index (χ2v) is 8.04. The average molecular weight is 392 g/mol. The molecule has 1 aliphatic heterocycles. The third-order valence-electron chi connectivity index (χ3n) is 4.41. The molecule has 1 heterocycles. The van der Waals surface area contributed by atoms with Crippen molar-refractivity contribution in [3.05, 3.63) is 35.9 Å². The van der Waals surface area contributed by atoms with Gasteiger partial charge in [0.15, 0.2) is 0 Å². The Labute approximate surface area is 167 Å². The molecule has 1 aliphatic rings. The van der Waals surface area contributed by atoms with Crippen molar-refractivity contribution in [3.63, 3.8) is 0 Å². The van der Waals surface area contributed by atoms with Crippen molar-refractivity contribution in [1.29, 1.82) is 0 Å². The van der Waals surface area contributed by atoms with Crippen molar-refractivity contribution in [1.82, 2.24) is 15.5 Å². The maximum Gasteiger partial charge on any atom is 0.410 e. The lowest BCUT2D eigenvalue weighted by Crippen LogP contribution is -2.45. The molecule has 2 amide bonds. The van der Waals surface area contributed by atoms with Crippen molar-refractivity contribution < 1.29 is 19.1 Å². The highest BCUT2D eigenvalue weighted by atomic mass is 16.6. The van der Waals surface area contributed by atoms with Crippen molar-refractivity contribution >= 4 is 12.2 Å². The highest BCUT2D eigenvalue weighted by Gasteiger charge is 2.23. The number of piperidine rings is 1. The summed E-state index contributed by atoms with van der Waals surface area (Å²) in [6.45, 7) is 8.63. The van der Waals surface area contributed by atoms with Gasteiger partial charge in [0.05, 0.1) is 0 Å². The summed E-state index contributed by atoms with van der Waals surface area (Å²) in [5.74, 6) is 0. The molecule has 0 spiro atoms. The minimum absolute atomic E-state index is 0.246. The third-order valence-corrected chi connectivity index (χ3v) is 4.41. The molecule has 0 unspecified atom stereocenters. The Morgan fingerprint density at radius 3 is 2.43 bits per heavy atom. The minimum atomic E-state index is -0.474. The second-order valence-electron chi connectivity index (χ2n) is 8.04. The number of ether oxygens (including phenoxy) is 2. The number of nitrogens with one attached hydrogen (secondary N) is 2. The van der Waals surface area contributed by atoms with E-state index in [4.69, 9.17) is 9.47 Å². The van der Waals surface area contributed by atoms with Crippen LogP contribution in [0.2, 0.25) is 0 Å². The van der Waals surface area contributed by atoms with Gasteiger partial charge < -0.3 is 25.0 Å². The quantitative estimate of drug-likeness (QED) is 0.697. The molecule has 0 aromatic heterocycles. The molecule has 0 radical (unpaired) electrons. The number of likely N-dealkylation sites (tertiary alicyclic amines) is 1. The molecule has 1 aromatic rings. The highest BCUT2D eigenvalue weighted by Crippen LogP contribution is 2.12. The van der Waals surface area contributed by atoms with Crippen LogP contribution in [0.5, 0.6) is 0 Å². The van der Waals surface area contributed by atoms with E-state index in [9.17, 15) is 9.59 Å². The molecular formula is C21H33N3O4. The van der Waals surface area contributed by atoms with Gasteiger partial charge in [-0.3, -0.25) is 0 Å². The number of amides is 2. The normalized spacial score (nSPS) is 15.2. The summed E-state index contributed by atoms with van der Waals surface area (Å²) in [5, 5.41) is 6.25. The highest BCUT2D eigenvalue weighted by molar-refractivity contribution is 5.68. The molecule has 156 valence electrons. The van der Waals surface area contributed by atoms with E-state index in [0.717, 1.165) is 31.4 Å². The number of carbonyl (C=O) groups is 2. The minimum Gasteiger partial charge on any atom is -0.445 e. The molecule has 0 atom stereocenters. The lowest BCUT2D eigenvalue weighted by Gasteiger charge is -2.31. The maximum atomic E-state index is 12.2. The molecule has 1 aromatic carbocycles. The lowest BCUT2D eigenvalue weighted by molar-refractivity contribution is 0.0527. The molecule has 7 heteroatoms. The predicted molar refractivity (Wildman–Crippen MR) is 108 cm³/mol. The number of carbonyl (C=O) groups excluding carboxylic acids is 2. The van der Waals surface area contributed by atoms with Crippen LogP contribution in [-0.4, -0.2) is 54.9 Å². The van der Waals surface area contributed by atoms with Gasteiger partial charge in [0.2, 0.25) is 0 Å². The predicted octanol–water partition coefficient (Wildman–Crippen LogP) is 3.29. The molecule has 2 rings (SSSR count). The van der Waals surface area contributed by atoms with Crippen LogP contribution in [0.4, 0.5) is 9.59 Å². The van der Waals surface area contributed by atoms with E-state index in [1.807, 2.05) is 51.1 Å². The number of hydrogen-bond donors (Lipinski definition) is 2. The van der Waals surface area contributed by atoms with Crippen LogP contribution in [0.15, 0.2) is 30.3 Å². The Balaban J connectivity index is 1.53. The van der Waals surface area contributed by atoms with Gasteiger partial charge in [0.25, 0.3) is 0 Å².